The van der Waals surface area contributed by atoms with Crippen molar-refractivity contribution in [2.24, 2.45) is 0 Å². The summed E-state index contributed by atoms with van der Waals surface area (Å²) in [7, 11) is 4.93. The number of aliphatic hydroxyl groups excluding tert-OH is 1. The monoisotopic (exact) mass is 329 g/mol. The van der Waals surface area contributed by atoms with Gasteiger partial charge in [0.15, 0.2) is 0 Å². The van der Waals surface area contributed by atoms with Crippen molar-refractivity contribution in [2.45, 2.75) is 19.2 Å². The summed E-state index contributed by atoms with van der Waals surface area (Å²) in [6.45, 7) is 1.98. The molecule has 1 N–H and O–H groups in total. The van der Waals surface area contributed by atoms with E-state index in [9.17, 15) is 5.11 Å². The van der Waals surface area contributed by atoms with Crippen molar-refractivity contribution in [3.05, 3.63) is 53.1 Å². The van der Waals surface area contributed by atoms with E-state index in [2.05, 4.69) is 11.0 Å². The van der Waals surface area contributed by atoms with E-state index >= 15 is 0 Å². The van der Waals surface area contributed by atoms with Crippen LogP contribution in [0.1, 0.15) is 22.8 Å². The molecule has 5 heteroatoms. The van der Waals surface area contributed by atoms with Crippen LogP contribution in [0.15, 0.2) is 36.4 Å². The first kappa shape index (κ1) is 16.6. The lowest BCUT2D eigenvalue weighted by molar-refractivity contribution is 0.0843. The van der Waals surface area contributed by atoms with Crippen molar-refractivity contribution in [1.82, 2.24) is 4.90 Å². The molecule has 0 fully saturated rings. The summed E-state index contributed by atoms with van der Waals surface area (Å²) in [4.78, 5) is 2.20. The Labute approximate surface area is 142 Å². The third-order valence-electron chi connectivity index (χ3n) is 4.40. The number of ether oxygens (including phenoxy) is 3. The third kappa shape index (κ3) is 3.18. The zero-order valence-electron chi connectivity index (χ0n) is 14.3. The van der Waals surface area contributed by atoms with Crippen LogP contribution in [0.3, 0.4) is 0 Å². The first-order chi connectivity index (χ1) is 11.7. The SMILES string of the molecule is COc1cccc(CN2Cc3c(OC)ccc(OC)c3[C@@H](O)C2)c1. The Morgan fingerprint density at radius 3 is 2.50 bits per heavy atom. The first-order valence-corrected chi connectivity index (χ1v) is 7.93. The second kappa shape index (κ2) is 7.11. The van der Waals surface area contributed by atoms with Crippen LogP contribution >= 0.6 is 0 Å². The molecular formula is C19H23NO4. The molecule has 0 aliphatic carbocycles. The van der Waals surface area contributed by atoms with E-state index in [0.717, 1.165) is 34.7 Å². The maximum atomic E-state index is 10.6. The van der Waals surface area contributed by atoms with Crippen LogP contribution in [0.25, 0.3) is 0 Å². The molecule has 1 atom stereocenters. The molecule has 24 heavy (non-hydrogen) atoms. The minimum Gasteiger partial charge on any atom is -0.497 e. The van der Waals surface area contributed by atoms with Crippen LogP contribution in [0.4, 0.5) is 0 Å². The van der Waals surface area contributed by atoms with Crippen molar-refractivity contribution in [2.75, 3.05) is 27.9 Å². The van der Waals surface area contributed by atoms with Gasteiger partial charge in [-0.15, -0.1) is 0 Å². The molecule has 0 unspecified atom stereocenters. The van der Waals surface area contributed by atoms with Crippen molar-refractivity contribution in [1.29, 1.82) is 0 Å². The molecule has 0 aromatic heterocycles. The van der Waals surface area contributed by atoms with Crippen molar-refractivity contribution in [3.8, 4) is 17.2 Å². The standard InChI is InChI=1S/C19H23NO4/c1-22-14-6-4-5-13(9-14)10-20-11-15-17(23-2)7-8-18(24-3)19(15)16(21)12-20/h4-9,16,21H,10-12H2,1-3H3/t16-/m0/s1. The predicted molar refractivity (Wildman–Crippen MR) is 91.6 cm³/mol. The molecule has 2 aromatic carbocycles. The molecule has 1 aliphatic heterocycles. The maximum Gasteiger partial charge on any atom is 0.125 e. The smallest absolute Gasteiger partial charge is 0.125 e. The fraction of sp³-hybridized carbons (Fsp3) is 0.368. The van der Waals surface area contributed by atoms with Gasteiger partial charge in [-0.25, -0.2) is 0 Å². The Morgan fingerprint density at radius 1 is 1.04 bits per heavy atom. The molecule has 0 spiro atoms. The van der Waals surface area contributed by atoms with E-state index in [1.165, 1.54) is 0 Å². The number of benzene rings is 2. The zero-order valence-corrected chi connectivity index (χ0v) is 14.3. The van der Waals surface area contributed by atoms with Crippen LogP contribution < -0.4 is 14.2 Å². The molecule has 0 saturated heterocycles. The summed E-state index contributed by atoms with van der Waals surface area (Å²) in [6, 6.07) is 11.7. The van der Waals surface area contributed by atoms with Crippen molar-refractivity contribution in [3.63, 3.8) is 0 Å². The van der Waals surface area contributed by atoms with Crippen LogP contribution in [0, 0.1) is 0 Å². The summed E-state index contributed by atoms with van der Waals surface area (Å²) in [5.74, 6) is 2.32. The molecule has 0 radical (unpaired) electrons. The van der Waals surface area contributed by atoms with Gasteiger partial charge in [-0.05, 0) is 29.8 Å². The Bertz CT molecular complexity index is 717. The van der Waals surface area contributed by atoms with Crippen molar-refractivity contribution < 1.29 is 19.3 Å². The molecule has 5 nitrogen and oxygen atoms in total. The molecule has 3 rings (SSSR count). The number of aliphatic hydroxyl groups is 1. The molecule has 0 amide bonds. The lowest BCUT2D eigenvalue weighted by atomic mass is 9.95. The van der Waals surface area contributed by atoms with Gasteiger partial charge in [0.25, 0.3) is 0 Å². The number of rotatable bonds is 5. The zero-order chi connectivity index (χ0) is 17.1. The summed E-state index contributed by atoms with van der Waals surface area (Å²) in [5, 5.41) is 10.6. The maximum absolute atomic E-state index is 10.6. The van der Waals surface area contributed by atoms with E-state index in [-0.39, 0.29) is 0 Å². The largest absolute Gasteiger partial charge is 0.497 e. The lowest BCUT2D eigenvalue weighted by Crippen LogP contribution is -2.33. The molecule has 2 aromatic rings. The highest BCUT2D eigenvalue weighted by atomic mass is 16.5. The van der Waals surface area contributed by atoms with Crippen LogP contribution in [-0.4, -0.2) is 37.9 Å². The average molecular weight is 329 g/mol. The topological polar surface area (TPSA) is 51.2 Å². The molecule has 1 heterocycles. The molecular weight excluding hydrogens is 306 g/mol. The van der Waals surface area contributed by atoms with Gasteiger partial charge in [0.05, 0.1) is 27.4 Å². The third-order valence-corrected chi connectivity index (χ3v) is 4.40. The van der Waals surface area contributed by atoms with Gasteiger partial charge < -0.3 is 19.3 Å². The minimum atomic E-state index is -0.607. The minimum absolute atomic E-state index is 0.549. The second-order valence-corrected chi connectivity index (χ2v) is 5.90. The summed E-state index contributed by atoms with van der Waals surface area (Å²) < 4.78 is 16.2. The summed E-state index contributed by atoms with van der Waals surface area (Å²) in [6.07, 6.45) is -0.607. The Morgan fingerprint density at radius 2 is 1.79 bits per heavy atom. The number of β-amino-alcohol motifs (C(OH)–C–C–N with tert-alkyl or cyclic N) is 1. The lowest BCUT2D eigenvalue weighted by Gasteiger charge is -2.34. The van der Waals surface area contributed by atoms with E-state index in [0.29, 0.717) is 18.8 Å². The van der Waals surface area contributed by atoms with E-state index in [1.54, 1.807) is 21.3 Å². The Balaban J connectivity index is 1.88. The fourth-order valence-corrected chi connectivity index (χ4v) is 3.29. The van der Waals surface area contributed by atoms with Gasteiger partial charge in [-0.1, -0.05) is 12.1 Å². The van der Waals surface area contributed by atoms with Crippen LogP contribution in [0.2, 0.25) is 0 Å². The Kier molecular flexibility index (Phi) is 4.92. The van der Waals surface area contributed by atoms with Gasteiger partial charge in [0, 0.05) is 30.8 Å². The number of hydrogen-bond donors (Lipinski definition) is 1. The summed E-state index contributed by atoms with van der Waals surface area (Å²) >= 11 is 0. The van der Waals surface area contributed by atoms with Gasteiger partial charge in [0.2, 0.25) is 0 Å². The van der Waals surface area contributed by atoms with Gasteiger partial charge in [0.1, 0.15) is 17.2 Å². The van der Waals surface area contributed by atoms with E-state index in [4.69, 9.17) is 14.2 Å². The molecule has 0 bridgehead atoms. The van der Waals surface area contributed by atoms with Crippen molar-refractivity contribution >= 4 is 0 Å². The highest BCUT2D eigenvalue weighted by molar-refractivity contribution is 5.51. The van der Waals surface area contributed by atoms with E-state index < -0.39 is 6.10 Å². The van der Waals surface area contributed by atoms with Crippen LogP contribution in [0.5, 0.6) is 17.2 Å². The number of methoxy groups -OCH3 is 3. The van der Waals surface area contributed by atoms with Gasteiger partial charge in [-0.2, -0.15) is 0 Å². The Hall–Kier alpha value is -2.24. The average Bonchev–Trinajstić information content (AvgIpc) is 2.60. The van der Waals surface area contributed by atoms with Gasteiger partial charge >= 0.3 is 0 Å². The predicted octanol–water partition coefficient (Wildman–Crippen LogP) is 2.76. The highest BCUT2D eigenvalue weighted by Gasteiger charge is 2.29. The quantitative estimate of drug-likeness (QED) is 0.914. The fourth-order valence-electron chi connectivity index (χ4n) is 3.29. The number of fused-ring (bicyclic) bond motifs is 1. The second-order valence-electron chi connectivity index (χ2n) is 5.90. The van der Waals surface area contributed by atoms with E-state index in [1.807, 2.05) is 30.3 Å². The number of hydrogen-bond acceptors (Lipinski definition) is 5. The molecule has 1 aliphatic rings. The molecule has 0 saturated carbocycles. The molecule has 128 valence electrons. The van der Waals surface area contributed by atoms with Crippen LogP contribution in [-0.2, 0) is 13.1 Å². The normalized spacial score (nSPS) is 17.2. The first-order valence-electron chi connectivity index (χ1n) is 7.93. The van der Waals surface area contributed by atoms with Gasteiger partial charge in [-0.3, -0.25) is 4.90 Å². The summed E-state index contributed by atoms with van der Waals surface area (Å²) in [5.41, 5.74) is 2.96. The highest BCUT2D eigenvalue weighted by Crippen LogP contribution is 2.39. The number of nitrogens with zero attached hydrogens (tertiary/aromatic N) is 1.